The smallest absolute Gasteiger partial charge is 0.158 e. The van der Waals surface area contributed by atoms with Crippen LogP contribution in [0.1, 0.15) is 28.9 Å². The van der Waals surface area contributed by atoms with E-state index in [0.717, 1.165) is 43.5 Å². The highest BCUT2D eigenvalue weighted by molar-refractivity contribution is 5.24. The molecule has 0 radical (unpaired) electrons. The van der Waals surface area contributed by atoms with Gasteiger partial charge in [-0.3, -0.25) is 0 Å². The van der Waals surface area contributed by atoms with E-state index < -0.39 is 0 Å². The van der Waals surface area contributed by atoms with E-state index in [1.807, 2.05) is 20.9 Å². The summed E-state index contributed by atoms with van der Waals surface area (Å²) in [6.07, 6.45) is 0.00443. The molecule has 1 fully saturated rings. The number of morpholine rings is 1. The summed E-state index contributed by atoms with van der Waals surface area (Å²) in [5.74, 6) is 0.816. The predicted octanol–water partition coefficient (Wildman–Crippen LogP) is 0.816. The zero-order valence-corrected chi connectivity index (χ0v) is 11.7. The van der Waals surface area contributed by atoms with Crippen LogP contribution in [0, 0.1) is 13.8 Å². The maximum atomic E-state index is 5.76. The predicted molar refractivity (Wildman–Crippen MR) is 70.5 cm³/mol. The van der Waals surface area contributed by atoms with E-state index in [-0.39, 0.29) is 6.10 Å². The Hall–Kier alpha value is -1.04. The lowest BCUT2D eigenvalue weighted by atomic mass is 10.1. The van der Waals surface area contributed by atoms with Gasteiger partial charge in [-0.15, -0.1) is 0 Å². The molecule has 2 heterocycles. The van der Waals surface area contributed by atoms with Crippen molar-refractivity contribution in [1.29, 1.82) is 0 Å². The standard InChI is InChI=1S/C13H22N4O/c1-9-11(7-14-3)10(2)16-13(15-9)12-8-17(4)5-6-18-12/h12,14H,5-8H2,1-4H3. The Balaban J connectivity index is 2.24. The van der Waals surface area contributed by atoms with Gasteiger partial charge in [0, 0.05) is 36.6 Å². The van der Waals surface area contributed by atoms with Gasteiger partial charge >= 0.3 is 0 Å². The van der Waals surface area contributed by atoms with Crippen LogP contribution >= 0.6 is 0 Å². The molecule has 1 aliphatic rings. The second-order valence-corrected chi connectivity index (χ2v) is 4.88. The third-order valence-corrected chi connectivity index (χ3v) is 3.35. The maximum absolute atomic E-state index is 5.76. The molecule has 0 spiro atoms. The molecule has 1 atom stereocenters. The Morgan fingerprint density at radius 1 is 1.33 bits per heavy atom. The van der Waals surface area contributed by atoms with Gasteiger partial charge in [0.15, 0.2) is 5.82 Å². The van der Waals surface area contributed by atoms with Crippen LogP contribution in [0.4, 0.5) is 0 Å². The van der Waals surface area contributed by atoms with E-state index >= 15 is 0 Å². The topological polar surface area (TPSA) is 50.3 Å². The van der Waals surface area contributed by atoms with Crippen molar-refractivity contribution in [2.45, 2.75) is 26.5 Å². The number of hydrogen-bond donors (Lipinski definition) is 1. The van der Waals surface area contributed by atoms with Gasteiger partial charge in [0.25, 0.3) is 0 Å². The van der Waals surface area contributed by atoms with Crippen molar-refractivity contribution < 1.29 is 4.74 Å². The Kier molecular flexibility index (Phi) is 4.27. The van der Waals surface area contributed by atoms with E-state index in [4.69, 9.17) is 4.74 Å². The van der Waals surface area contributed by atoms with E-state index in [1.54, 1.807) is 0 Å². The average Bonchev–Trinajstić information content (AvgIpc) is 2.33. The first-order valence-electron chi connectivity index (χ1n) is 6.40. The van der Waals surface area contributed by atoms with Crippen LogP contribution in [0.25, 0.3) is 0 Å². The van der Waals surface area contributed by atoms with Crippen LogP contribution in [0.15, 0.2) is 0 Å². The number of hydrogen-bond acceptors (Lipinski definition) is 5. The summed E-state index contributed by atoms with van der Waals surface area (Å²) in [7, 11) is 4.04. The van der Waals surface area contributed by atoms with Gasteiger partial charge in [0.05, 0.1) is 6.61 Å². The fourth-order valence-corrected chi connectivity index (χ4v) is 2.28. The lowest BCUT2D eigenvalue weighted by molar-refractivity contribution is -0.0256. The number of likely N-dealkylation sites (N-methyl/N-ethyl adjacent to an activating group) is 1. The molecule has 0 aliphatic carbocycles. The number of aromatic nitrogens is 2. The summed E-state index contributed by atoms with van der Waals surface area (Å²) in [5, 5.41) is 3.15. The first-order valence-corrected chi connectivity index (χ1v) is 6.40. The van der Waals surface area contributed by atoms with Crippen molar-refractivity contribution in [1.82, 2.24) is 20.2 Å². The number of nitrogens with zero attached hydrogens (tertiary/aromatic N) is 3. The molecule has 100 valence electrons. The molecule has 0 saturated carbocycles. The molecule has 0 amide bonds. The monoisotopic (exact) mass is 250 g/mol. The Labute approximate surface area is 109 Å². The van der Waals surface area contributed by atoms with Gasteiger partial charge in [0.1, 0.15) is 6.10 Å². The largest absolute Gasteiger partial charge is 0.368 e. The third kappa shape index (κ3) is 2.85. The van der Waals surface area contributed by atoms with Crippen LogP contribution in [0.2, 0.25) is 0 Å². The highest BCUT2D eigenvalue weighted by Gasteiger charge is 2.23. The molecule has 1 aromatic heterocycles. The molecule has 0 aromatic carbocycles. The lowest BCUT2D eigenvalue weighted by Crippen LogP contribution is -2.36. The Morgan fingerprint density at radius 2 is 2.00 bits per heavy atom. The summed E-state index contributed by atoms with van der Waals surface area (Å²) >= 11 is 0. The Bertz CT molecular complexity index is 398. The van der Waals surface area contributed by atoms with Crippen molar-refractivity contribution in [3.8, 4) is 0 Å². The molecule has 1 aliphatic heterocycles. The van der Waals surface area contributed by atoms with Crippen molar-refractivity contribution in [3.63, 3.8) is 0 Å². The summed E-state index contributed by atoms with van der Waals surface area (Å²) in [6, 6.07) is 0. The molecular formula is C13H22N4O. The molecule has 5 nitrogen and oxygen atoms in total. The molecule has 2 rings (SSSR count). The zero-order chi connectivity index (χ0) is 13.1. The molecule has 5 heteroatoms. The number of nitrogens with one attached hydrogen (secondary N) is 1. The van der Waals surface area contributed by atoms with Crippen LogP contribution < -0.4 is 5.32 Å². The van der Waals surface area contributed by atoms with E-state index in [2.05, 4.69) is 27.2 Å². The fraction of sp³-hybridized carbons (Fsp3) is 0.692. The second-order valence-electron chi connectivity index (χ2n) is 4.88. The van der Waals surface area contributed by atoms with Crippen LogP contribution in [-0.2, 0) is 11.3 Å². The first-order chi connectivity index (χ1) is 8.61. The van der Waals surface area contributed by atoms with Crippen molar-refractivity contribution >= 4 is 0 Å². The summed E-state index contributed by atoms with van der Waals surface area (Å²) in [6.45, 7) is 7.48. The molecule has 1 unspecified atom stereocenters. The van der Waals surface area contributed by atoms with Gasteiger partial charge in [-0.2, -0.15) is 0 Å². The van der Waals surface area contributed by atoms with E-state index in [1.165, 1.54) is 5.56 Å². The molecular weight excluding hydrogens is 228 g/mol. The minimum atomic E-state index is 0.00443. The molecule has 1 saturated heterocycles. The van der Waals surface area contributed by atoms with Crippen LogP contribution in [0.3, 0.4) is 0 Å². The van der Waals surface area contributed by atoms with Gasteiger partial charge < -0.3 is 15.0 Å². The van der Waals surface area contributed by atoms with Crippen LogP contribution in [-0.4, -0.2) is 48.7 Å². The van der Waals surface area contributed by atoms with Gasteiger partial charge in [-0.25, -0.2) is 9.97 Å². The quantitative estimate of drug-likeness (QED) is 0.860. The highest BCUT2D eigenvalue weighted by atomic mass is 16.5. The normalized spacial score (nSPS) is 21.2. The number of rotatable bonds is 3. The van der Waals surface area contributed by atoms with E-state index in [0.29, 0.717) is 0 Å². The zero-order valence-electron chi connectivity index (χ0n) is 11.7. The lowest BCUT2D eigenvalue weighted by Gasteiger charge is -2.29. The van der Waals surface area contributed by atoms with Crippen molar-refractivity contribution in [3.05, 3.63) is 22.8 Å². The minimum absolute atomic E-state index is 0.00443. The fourth-order valence-electron chi connectivity index (χ4n) is 2.28. The van der Waals surface area contributed by atoms with Crippen LogP contribution in [0.5, 0.6) is 0 Å². The SMILES string of the molecule is CNCc1c(C)nc(C2CN(C)CCO2)nc1C. The Morgan fingerprint density at radius 3 is 2.56 bits per heavy atom. The summed E-state index contributed by atoms with van der Waals surface area (Å²) in [5.41, 5.74) is 3.28. The maximum Gasteiger partial charge on any atom is 0.158 e. The molecule has 18 heavy (non-hydrogen) atoms. The summed E-state index contributed by atoms with van der Waals surface area (Å²) in [4.78, 5) is 11.5. The number of aryl methyl sites for hydroxylation is 2. The van der Waals surface area contributed by atoms with Crippen molar-refractivity contribution in [2.24, 2.45) is 0 Å². The highest BCUT2D eigenvalue weighted by Crippen LogP contribution is 2.20. The van der Waals surface area contributed by atoms with Gasteiger partial charge in [-0.1, -0.05) is 0 Å². The van der Waals surface area contributed by atoms with E-state index in [9.17, 15) is 0 Å². The minimum Gasteiger partial charge on any atom is -0.368 e. The molecule has 1 aromatic rings. The van der Waals surface area contributed by atoms with Crippen molar-refractivity contribution in [2.75, 3.05) is 33.8 Å². The number of ether oxygens (including phenoxy) is 1. The molecule has 1 N–H and O–H groups in total. The molecule has 0 bridgehead atoms. The summed E-state index contributed by atoms with van der Waals surface area (Å²) < 4.78 is 5.76. The van der Waals surface area contributed by atoms with Gasteiger partial charge in [-0.05, 0) is 27.9 Å². The second kappa shape index (κ2) is 5.73. The van der Waals surface area contributed by atoms with Gasteiger partial charge in [0.2, 0.25) is 0 Å². The average molecular weight is 250 g/mol. The first kappa shape index (κ1) is 13.4. The third-order valence-electron chi connectivity index (χ3n) is 3.35.